The summed E-state index contributed by atoms with van der Waals surface area (Å²) in [6.45, 7) is 6.26. The van der Waals surface area contributed by atoms with Crippen molar-refractivity contribution in [2.24, 2.45) is 10.7 Å². The third-order valence-electron chi connectivity index (χ3n) is 5.04. The fraction of sp³-hybridized carbons (Fsp3) is 0.632. The van der Waals surface area contributed by atoms with E-state index in [1.165, 1.54) is 12.8 Å². The van der Waals surface area contributed by atoms with E-state index in [0.717, 1.165) is 37.3 Å². The molecule has 2 fully saturated rings. The van der Waals surface area contributed by atoms with Crippen molar-refractivity contribution in [1.29, 1.82) is 0 Å². The summed E-state index contributed by atoms with van der Waals surface area (Å²) in [5, 5.41) is 3.27. The Labute approximate surface area is 160 Å². The van der Waals surface area contributed by atoms with Crippen LogP contribution in [0.3, 0.4) is 0 Å². The van der Waals surface area contributed by atoms with Gasteiger partial charge in [0.25, 0.3) is 0 Å². The van der Waals surface area contributed by atoms with Crippen molar-refractivity contribution < 1.29 is 9.53 Å². The van der Waals surface area contributed by atoms with E-state index in [2.05, 4.69) is 26.3 Å². The van der Waals surface area contributed by atoms with Crippen LogP contribution in [0.15, 0.2) is 23.3 Å². The predicted octanol–water partition coefficient (Wildman–Crippen LogP) is 1.71. The lowest BCUT2D eigenvalue weighted by molar-refractivity contribution is 0.0963. The Kier molecular flexibility index (Phi) is 6.73. The highest BCUT2D eigenvalue weighted by molar-refractivity contribution is 5.78. The van der Waals surface area contributed by atoms with Gasteiger partial charge in [-0.05, 0) is 50.3 Å². The molecule has 0 atom stereocenters. The molecule has 0 radical (unpaired) electrons. The molecule has 148 valence electrons. The number of nitrogens with one attached hydrogen (secondary N) is 1. The number of piperidine rings is 1. The van der Waals surface area contributed by atoms with Crippen molar-refractivity contribution in [3.63, 3.8) is 0 Å². The summed E-state index contributed by atoms with van der Waals surface area (Å²) in [7, 11) is 0. The van der Waals surface area contributed by atoms with E-state index in [9.17, 15) is 4.79 Å². The van der Waals surface area contributed by atoms with Crippen molar-refractivity contribution in [3.05, 3.63) is 23.9 Å². The fourth-order valence-electron chi connectivity index (χ4n) is 3.53. The second kappa shape index (κ2) is 9.43. The van der Waals surface area contributed by atoms with Crippen LogP contribution in [0.25, 0.3) is 0 Å². The third kappa shape index (κ3) is 5.48. The van der Waals surface area contributed by atoms with Gasteiger partial charge < -0.3 is 25.6 Å². The molecule has 0 bridgehead atoms. The highest BCUT2D eigenvalue weighted by Gasteiger charge is 2.23. The summed E-state index contributed by atoms with van der Waals surface area (Å²) in [5.41, 5.74) is 7.17. The molecular formula is C19H30N6O2. The van der Waals surface area contributed by atoms with Gasteiger partial charge in [0.15, 0.2) is 5.96 Å². The number of hydrogen-bond donors (Lipinski definition) is 2. The second-order valence-electron chi connectivity index (χ2n) is 7.02. The fourth-order valence-corrected chi connectivity index (χ4v) is 3.53. The summed E-state index contributed by atoms with van der Waals surface area (Å²) in [5.74, 6) is 1.47. The Morgan fingerprint density at radius 1 is 1.33 bits per heavy atom. The molecule has 1 aromatic heterocycles. The summed E-state index contributed by atoms with van der Waals surface area (Å²) in [6.07, 6.45) is 5.75. The second-order valence-corrected chi connectivity index (χ2v) is 7.02. The first-order chi connectivity index (χ1) is 13.2. The topological polar surface area (TPSA) is 96.1 Å². The number of pyridine rings is 1. The van der Waals surface area contributed by atoms with E-state index >= 15 is 0 Å². The summed E-state index contributed by atoms with van der Waals surface area (Å²) in [4.78, 5) is 24.7. The molecule has 2 saturated heterocycles. The Morgan fingerprint density at radius 3 is 2.78 bits per heavy atom. The predicted molar refractivity (Wildman–Crippen MR) is 106 cm³/mol. The zero-order chi connectivity index (χ0) is 19.1. The molecule has 0 unspecified atom stereocenters. The van der Waals surface area contributed by atoms with Gasteiger partial charge in [-0.15, -0.1) is 0 Å². The Morgan fingerprint density at radius 2 is 2.07 bits per heavy atom. The van der Waals surface area contributed by atoms with Gasteiger partial charge in [0, 0.05) is 38.4 Å². The molecule has 0 aromatic carbocycles. The molecule has 8 heteroatoms. The van der Waals surface area contributed by atoms with Gasteiger partial charge in [0.2, 0.25) is 0 Å². The average molecular weight is 374 g/mol. The molecule has 0 aliphatic carbocycles. The maximum absolute atomic E-state index is 11.7. The number of hydrogen-bond acceptors (Lipinski definition) is 5. The molecule has 3 N–H and O–H groups in total. The van der Waals surface area contributed by atoms with Crippen molar-refractivity contribution in [2.45, 2.75) is 45.2 Å². The molecule has 8 nitrogen and oxygen atoms in total. The lowest BCUT2D eigenvalue weighted by atomic mass is 10.1. The number of ether oxygens (including phenoxy) is 1. The maximum atomic E-state index is 11.7. The Bertz CT molecular complexity index is 651. The number of carbonyl (C=O) groups excluding carboxylic acids is 1. The number of amides is 1. The van der Waals surface area contributed by atoms with Crippen LogP contribution in [0.2, 0.25) is 0 Å². The van der Waals surface area contributed by atoms with Crippen LogP contribution < -0.4 is 16.0 Å². The minimum Gasteiger partial charge on any atom is -0.450 e. The van der Waals surface area contributed by atoms with Crippen LogP contribution >= 0.6 is 0 Å². The van der Waals surface area contributed by atoms with Crippen molar-refractivity contribution in [3.8, 4) is 0 Å². The van der Waals surface area contributed by atoms with E-state index in [1.54, 1.807) is 4.90 Å². The minimum absolute atomic E-state index is 0.232. The smallest absolute Gasteiger partial charge is 0.409 e. The summed E-state index contributed by atoms with van der Waals surface area (Å²) < 4.78 is 5.04. The van der Waals surface area contributed by atoms with E-state index in [-0.39, 0.29) is 12.1 Å². The molecule has 3 rings (SSSR count). The molecule has 3 heterocycles. The van der Waals surface area contributed by atoms with E-state index in [1.807, 2.05) is 19.2 Å². The first-order valence-corrected chi connectivity index (χ1v) is 9.83. The van der Waals surface area contributed by atoms with Crippen LogP contribution in [0.4, 0.5) is 10.6 Å². The van der Waals surface area contributed by atoms with Crippen molar-refractivity contribution in [2.75, 3.05) is 37.7 Å². The quantitative estimate of drug-likeness (QED) is 0.602. The molecule has 1 aromatic rings. The third-order valence-corrected chi connectivity index (χ3v) is 5.04. The van der Waals surface area contributed by atoms with Gasteiger partial charge in [0.05, 0.1) is 13.2 Å². The Hall–Kier alpha value is -2.51. The van der Waals surface area contributed by atoms with E-state index in [0.29, 0.717) is 32.2 Å². The summed E-state index contributed by atoms with van der Waals surface area (Å²) in [6, 6.07) is 4.31. The zero-order valence-corrected chi connectivity index (χ0v) is 16.1. The van der Waals surface area contributed by atoms with E-state index in [4.69, 9.17) is 10.5 Å². The molecular weight excluding hydrogens is 344 g/mol. The van der Waals surface area contributed by atoms with Crippen molar-refractivity contribution in [1.82, 2.24) is 15.2 Å². The molecule has 2 aliphatic heterocycles. The largest absolute Gasteiger partial charge is 0.450 e. The number of nitrogens with two attached hydrogens (primary N) is 1. The number of rotatable bonds is 5. The molecule has 0 saturated carbocycles. The van der Waals surface area contributed by atoms with Crippen LogP contribution in [-0.4, -0.2) is 60.8 Å². The number of aromatic nitrogens is 1. The zero-order valence-electron chi connectivity index (χ0n) is 16.1. The van der Waals surface area contributed by atoms with Gasteiger partial charge in [-0.2, -0.15) is 0 Å². The van der Waals surface area contributed by atoms with Crippen LogP contribution in [-0.2, 0) is 11.3 Å². The van der Waals surface area contributed by atoms with E-state index < -0.39 is 0 Å². The number of likely N-dealkylation sites (tertiary alicyclic amines) is 1. The van der Waals surface area contributed by atoms with Gasteiger partial charge in [-0.1, -0.05) is 0 Å². The van der Waals surface area contributed by atoms with Gasteiger partial charge in [0.1, 0.15) is 5.82 Å². The first kappa shape index (κ1) is 19.3. The number of aliphatic imine (C=N–C) groups is 1. The lowest BCUT2D eigenvalue weighted by Gasteiger charge is -2.31. The SMILES string of the molecule is CCOC(=O)N1CCC(NC(N)=NCc2ccnc(N3CCCC3)c2)CC1. The van der Waals surface area contributed by atoms with Crippen LogP contribution in [0, 0.1) is 0 Å². The average Bonchev–Trinajstić information content (AvgIpc) is 3.22. The van der Waals surface area contributed by atoms with Crippen LogP contribution in [0.5, 0.6) is 0 Å². The first-order valence-electron chi connectivity index (χ1n) is 9.83. The molecule has 0 spiro atoms. The normalized spacial score (nSPS) is 18.6. The van der Waals surface area contributed by atoms with Crippen LogP contribution in [0.1, 0.15) is 38.2 Å². The van der Waals surface area contributed by atoms with Crippen molar-refractivity contribution >= 4 is 17.9 Å². The Balaban J connectivity index is 1.46. The highest BCUT2D eigenvalue weighted by Crippen LogP contribution is 2.18. The number of nitrogens with zero attached hydrogens (tertiary/aromatic N) is 4. The number of carbonyl (C=O) groups is 1. The standard InChI is InChI=1S/C19H30N6O2/c1-2-27-19(26)25-11-6-16(7-12-25)23-18(20)22-14-15-5-8-21-17(13-15)24-9-3-4-10-24/h5,8,13,16H,2-4,6-7,9-12,14H2,1H3,(H3,20,22,23). The molecule has 1 amide bonds. The molecule has 2 aliphatic rings. The monoisotopic (exact) mass is 374 g/mol. The molecule has 27 heavy (non-hydrogen) atoms. The van der Waals surface area contributed by atoms with Gasteiger partial charge >= 0.3 is 6.09 Å². The number of guanidine groups is 1. The summed E-state index contributed by atoms with van der Waals surface area (Å²) >= 11 is 0. The highest BCUT2D eigenvalue weighted by atomic mass is 16.6. The number of anilines is 1. The van der Waals surface area contributed by atoms with Gasteiger partial charge in [-0.3, -0.25) is 0 Å². The lowest BCUT2D eigenvalue weighted by Crippen LogP contribution is -2.48. The minimum atomic E-state index is -0.232. The van der Waals surface area contributed by atoms with Gasteiger partial charge in [-0.25, -0.2) is 14.8 Å². The maximum Gasteiger partial charge on any atom is 0.409 e.